The first-order valence-corrected chi connectivity index (χ1v) is 7.40. The van der Waals surface area contributed by atoms with Crippen molar-refractivity contribution >= 4 is 17.5 Å². The Morgan fingerprint density at radius 2 is 2.10 bits per heavy atom. The molecule has 1 heterocycles. The molecule has 0 bridgehead atoms. The maximum atomic E-state index is 12.0. The third-order valence-electron chi connectivity index (χ3n) is 3.41. The minimum absolute atomic E-state index is 0.172. The largest absolute Gasteiger partial charge is 0.352 e. The second-order valence-corrected chi connectivity index (χ2v) is 5.49. The highest BCUT2D eigenvalue weighted by molar-refractivity contribution is 6.32. The van der Waals surface area contributed by atoms with E-state index >= 15 is 0 Å². The van der Waals surface area contributed by atoms with Crippen molar-refractivity contribution in [1.29, 1.82) is 0 Å². The van der Waals surface area contributed by atoms with E-state index in [9.17, 15) is 4.79 Å². The number of hydrogen-bond acceptors (Lipinski definition) is 2. The minimum Gasteiger partial charge on any atom is -0.352 e. The number of halogens is 1. The van der Waals surface area contributed by atoms with E-state index in [2.05, 4.69) is 42.3 Å². The molecule has 0 saturated carbocycles. The van der Waals surface area contributed by atoms with E-state index < -0.39 is 0 Å². The van der Waals surface area contributed by atoms with E-state index in [0.29, 0.717) is 12.1 Å². The van der Waals surface area contributed by atoms with Crippen LogP contribution in [0, 0.1) is 13.8 Å². The zero-order valence-electron chi connectivity index (χ0n) is 12.3. The molecule has 2 aromatic rings. The molecule has 0 saturated heterocycles. The Kier molecular flexibility index (Phi) is 5.34. The zero-order valence-corrected chi connectivity index (χ0v) is 13.1. The van der Waals surface area contributed by atoms with Gasteiger partial charge < -0.3 is 5.32 Å². The summed E-state index contributed by atoms with van der Waals surface area (Å²) in [5, 5.41) is 3.12. The third-order valence-corrected chi connectivity index (χ3v) is 3.71. The predicted molar refractivity (Wildman–Crippen MR) is 85.8 cm³/mol. The Bertz CT molecular complexity index is 640. The first-order valence-electron chi connectivity index (χ1n) is 7.03. The summed E-state index contributed by atoms with van der Waals surface area (Å²) in [6.07, 6.45) is 3.42. The van der Waals surface area contributed by atoms with E-state index in [1.54, 1.807) is 18.3 Å². The average molecular weight is 303 g/mol. The number of nitrogens with one attached hydrogen (secondary N) is 1. The predicted octanol–water partition coefficient (Wildman–Crippen LogP) is 3.71. The smallest absolute Gasteiger partial charge is 0.254 e. The normalized spacial score (nSPS) is 10.4. The van der Waals surface area contributed by atoms with Crippen LogP contribution in [0.15, 0.2) is 36.5 Å². The van der Waals surface area contributed by atoms with Gasteiger partial charge in [0, 0.05) is 12.7 Å². The van der Waals surface area contributed by atoms with Gasteiger partial charge >= 0.3 is 0 Å². The van der Waals surface area contributed by atoms with E-state index in [1.807, 2.05) is 0 Å². The Labute approximate surface area is 130 Å². The van der Waals surface area contributed by atoms with Crippen LogP contribution in [0.3, 0.4) is 0 Å². The zero-order chi connectivity index (χ0) is 15.2. The molecule has 3 nitrogen and oxygen atoms in total. The molecule has 0 aliphatic heterocycles. The number of hydrogen-bond donors (Lipinski definition) is 1. The first-order chi connectivity index (χ1) is 10.1. The van der Waals surface area contributed by atoms with Crippen molar-refractivity contribution in [2.75, 3.05) is 6.54 Å². The monoisotopic (exact) mass is 302 g/mol. The number of amides is 1. The maximum Gasteiger partial charge on any atom is 0.254 e. The lowest BCUT2D eigenvalue weighted by Crippen LogP contribution is -2.25. The fourth-order valence-corrected chi connectivity index (χ4v) is 2.46. The van der Waals surface area contributed by atoms with Crippen LogP contribution < -0.4 is 5.32 Å². The standard InChI is InChI=1S/C17H19ClN2O/c1-12-7-8-14(13(2)11-12)5-3-10-20-17(21)15-6-4-9-19-16(15)18/h4,6-9,11H,3,5,10H2,1-2H3,(H,20,21). The SMILES string of the molecule is Cc1ccc(CCCNC(=O)c2cccnc2Cl)c(C)c1. The molecule has 0 fully saturated rings. The van der Waals surface area contributed by atoms with E-state index in [1.165, 1.54) is 16.7 Å². The number of rotatable bonds is 5. The summed E-state index contributed by atoms with van der Waals surface area (Å²) in [6.45, 7) is 4.84. The van der Waals surface area contributed by atoms with Gasteiger partial charge in [0.15, 0.2) is 0 Å². The number of pyridine rings is 1. The lowest BCUT2D eigenvalue weighted by Gasteiger charge is -2.08. The van der Waals surface area contributed by atoms with Gasteiger partial charge in [0.1, 0.15) is 5.15 Å². The molecule has 21 heavy (non-hydrogen) atoms. The summed E-state index contributed by atoms with van der Waals surface area (Å²) < 4.78 is 0. The summed E-state index contributed by atoms with van der Waals surface area (Å²) in [5.41, 5.74) is 4.33. The summed E-state index contributed by atoms with van der Waals surface area (Å²) in [6, 6.07) is 9.84. The van der Waals surface area contributed by atoms with Crippen LogP contribution in [0.4, 0.5) is 0 Å². The van der Waals surface area contributed by atoms with Crippen molar-refractivity contribution in [3.63, 3.8) is 0 Å². The van der Waals surface area contributed by atoms with Crippen LogP contribution in [-0.4, -0.2) is 17.4 Å². The molecule has 2 rings (SSSR count). The van der Waals surface area contributed by atoms with Gasteiger partial charge in [-0.25, -0.2) is 4.98 Å². The van der Waals surface area contributed by atoms with Crippen molar-refractivity contribution < 1.29 is 4.79 Å². The minimum atomic E-state index is -0.172. The highest BCUT2D eigenvalue weighted by atomic mass is 35.5. The lowest BCUT2D eigenvalue weighted by atomic mass is 10.0. The molecule has 0 spiro atoms. The van der Waals surface area contributed by atoms with E-state index in [-0.39, 0.29) is 11.1 Å². The van der Waals surface area contributed by atoms with Gasteiger partial charge in [0.05, 0.1) is 5.56 Å². The molecule has 110 valence electrons. The second-order valence-electron chi connectivity index (χ2n) is 5.13. The number of benzene rings is 1. The molecule has 0 unspecified atom stereocenters. The van der Waals surface area contributed by atoms with Gasteiger partial charge in [0.2, 0.25) is 0 Å². The van der Waals surface area contributed by atoms with Gasteiger partial charge in [-0.1, -0.05) is 35.4 Å². The van der Waals surface area contributed by atoms with Crippen molar-refractivity contribution in [3.05, 3.63) is 63.9 Å². The molecule has 4 heteroatoms. The molecular formula is C17H19ClN2O. The molecule has 0 aliphatic rings. The lowest BCUT2D eigenvalue weighted by molar-refractivity contribution is 0.0953. The van der Waals surface area contributed by atoms with Crippen LogP contribution in [0.5, 0.6) is 0 Å². The molecule has 1 aromatic heterocycles. The quantitative estimate of drug-likeness (QED) is 0.675. The highest BCUT2D eigenvalue weighted by Crippen LogP contribution is 2.13. The average Bonchev–Trinajstić information content (AvgIpc) is 2.45. The summed E-state index contributed by atoms with van der Waals surface area (Å²) in [7, 11) is 0. The van der Waals surface area contributed by atoms with Crippen molar-refractivity contribution in [1.82, 2.24) is 10.3 Å². The molecule has 1 aromatic carbocycles. The Morgan fingerprint density at radius 1 is 1.29 bits per heavy atom. The molecule has 0 atom stereocenters. The third kappa shape index (κ3) is 4.30. The number of aryl methyl sites for hydroxylation is 3. The Hall–Kier alpha value is -1.87. The van der Waals surface area contributed by atoms with Crippen LogP contribution in [0.2, 0.25) is 5.15 Å². The molecule has 1 N–H and O–H groups in total. The highest BCUT2D eigenvalue weighted by Gasteiger charge is 2.09. The Morgan fingerprint density at radius 3 is 2.81 bits per heavy atom. The van der Waals surface area contributed by atoms with Crippen LogP contribution in [0.1, 0.15) is 33.5 Å². The summed E-state index contributed by atoms with van der Waals surface area (Å²) in [4.78, 5) is 15.9. The number of carbonyl (C=O) groups is 1. The maximum absolute atomic E-state index is 12.0. The van der Waals surface area contributed by atoms with E-state index in [4.69, 9.17) is 11.6 Å². The van der Waals surface area contributed by atoms with E-state index in [0.717, 1.165) is 12.8 Å². The van der Waals surface area contributed by atoms with Gasteiger partial charge in [0.25, 0.3) is 5.91 Å². The second kappa shape index (κ2) is 7.23. The molecule has 0 radical (unpaired) electrons. The van der Waals surface area contributed by atoms with Gasteiger partial charge in [-0.15, -0.1) is 0 Å². The van der Waals surface area contributed by atoms with Gasteiger partial charge in [-0.3, -0.25) is 4.79 Å². The summed E-state index contributed by atoms with van der Waals surface area (Å²) in [5.74, 6) is -0.172. The molecular weight excluding hydrogens is 284 g/mol. The topological polar surface area (TPSA) is 42.0 Å². The first kappa shape index (κ1) is 15.5. The van der Waals surface area contributed by atoms with Gasteiger partial charge in [-0.05, 0) is 49.9 Å². The molecule has 1 amide bonds. The van der Waals surface area contributed by atoms with Gasteiger partial charge in [-0.2, -0.15) is 0 Å². The Balaban J connectivity index is 1.82. The molecule has 0 aliphatic carbocycles. The number of nitrogens with zero attached hydrogens (tertiary/aromatic N) is 1. The van der Waals surface area contributed by atoms with Crippen molar-refractivity contribution in [2.24, 2.45) is 0 Å². The van der Waals surface area contributed by atoms with Crippen LogP contribution in [0.25, 0.3) is 0 Å². The number of aromatic nitrogens is 1. The number of carbonyl (C=O) groups excluding carboxylic acids is 1. The van der Waals surface area contributed by atoms with Crippen molar-refractivity contribution in [3.8, 4) is 0 Å². The fraction of sp³-hybridized carbons (Fsp3) is 0.294. The van der Waals surface area contributed by atoms with Crippen molar-refractivity contribution in [2.45, 2.75) is 26.7 Å². The fourth-order valence-electron chi connectivity index (χ4n) is 2.26. The summed E-state index contributed by atoms with van der Waals surface area (Å²) >= 11 is 5.89. The van der Waals surface area contributed by atoms with Crippen LogP contribution in [-0.2, 0) is 6.42 Å². The van der Waals surface area contributed by atoms with Crippen LogP contribution >= 0.6 is 11.6 Å².